The van der Waals surface area contributed by atoms with Crippen LogP contribution in [-0.2, 0) is 6.42 Å². The van der Waals surface area contributed by atoms with E-state index in [4.69, 9.17) is 0 Å². The Bertz CT molecular complexity index is 495. The van der Waals surface area contributed by atoms with Gasteiger partial charge in [0.1, 0.15) is 0 Å². The first-order valence-electron chi connectivity index (χ1n) is 6.88. The molecule has 0 saturated carbocycles. The molecule has 0 fully saturated rings. The van der Waals surface area contributed by atoms with Crippen molar-refractivity contribution < 1.29 is 0 Å². The van der Waals surface area contributed by atoms with Gasteiger partial charge >= 0.3 is 0 Å². The van der Waals surface area contributed by atoms with Gasteiger partial charge in [-0.25, -0.2) is 0 Å². The molecule has 0 aliphatic heterocycles. The van der Waals surface area contributed by atoms with E-state index in [1.165, 1.54) is 27.8 Å². The summed E-state index contributed by atoms with van der Waals surface area (Å²) in [5.74, 6) is 0. The number of hydrogen-bond donors (Lipinski definition) is 0. The van der Waals surface area contributed by atoms with Gasteiger partial charge in [0, 0.05) is 0 Å². The highest BCUT2D eigenvalue weighted by molar-refractivity contribution is 5.76. The van der Waals surface area contributed by atoms with Gasteiger partial charge in [-0.1, -0.05) is 49.4 Å². The minimum Gasteiger partial charge on any atom is -0.0841 e. The van der Waals surface area contributed by atoms with Crippen molar-refractivity contribution in [2.45, 2.75) is 40.0 Å². The maximum atomic E-state index is 2.28. The average molecular weight is 238 g/mol. The highest BCUT2D eigenvalue weighted by Crippen LogP contribution is 2.32. The summed E-state index contributed by atoms with van der Waals surface area (Å²) in [5.41, 5.74) is 7.08. The monoisotopic (exact) mass is 238 g/mol. The van der Waals surface area contributed by atoms with Crippen LogP contribution in [0.2, 0.25) is 0 Å². The largest absolute Gasteiger partial charge is 0.0841 e. The molecule has 0 heterocycles. The van der Waals surface area contributed by atoms with Crippen LogP contribution in [0.1, 0.15) is 44.7 Å². The molecule has 0 saturated heterocycles. The first-order valence-corrected chi connectivity index (χ1v) is 6.88. The summed E-state index contributed by atoms with van der Waals surface area (Å²) < 4.78 is 0. The lowest BCUT2D eigenvalue weighted by Gasteiger charge is -2.17. The van der Waals surface area contributed by atoms with Gasteiger partial charge in [0.05, 0.1) is 0 Å². The van der Waals surface area contributed by atoms with E-state index in [9.17, 15) is 0 Å². The van der Waals surface area contributed by atoms with Crippen molar-refractivity contribution in [3.8, 4) is 0 Å². The van der Waals surface area contributed by atoms with Crippen LogP contribution in [0.25, 0.3) is 5.57 Å². The van der Waals surface area contributed by atoms with E-state index in [1.54, 1.807) is 0 Å². The van der Waals surface area contributed by atoms with Crippen molar-refractivity contribution in [2.24, 2.45) is 0 Å². The van der Waals surface area contributed by atoms with Crippen LogP contribution in [-0.4, -0.2) is 0 Å². The summed E-state index contributed by atoms with van der Waals surface area (Å²) in [6.45, 7) is 6.51. The van der Waals surface area contributed by atoms with E-state index in [0.717, 1.165) is 19.3 Å². The second-order valence-corrected chi connectivity index (χ2v) is 4.86. The standard InChI is InChI=1S/C18H22/c1-4-14(3)17-8-6-7-9-18(17)16-12-10-15(5-2)11-13-16/h4,6,8,10-13H,5,7,9H2,1-3H3/b14-4+. The van der Waals surface area contributed by atoms with Crippen molar-refractivity contribution in [1.29, 1.82) is 0 Å². The zero-order chi connectivity index (χ0) is 13.0. The molecule has 0 aromatic heterocycles. The van der Waals surface area contributed by atoms with E-state index in [0.29, 0.717) is 0 Å². The SMILES string of the molecule is C/C=C(\C)C1=C(c2ccc(CC)cc2)CCC=C1. The smallest absolute Gasteiger partial charge is 0.0196 e. The zero-order valence-corrected chi connectivity index (χ0v) is 11.7. The topological polar surface area (TPSA) is 0 Å². The van der Waals surface area contributed by atoms with Gasteiger partial charge in [0.15, 0.2) is 0 Å². The van der Waals surface area contributed by atoms with E-state index in [1.807, 2.05) is 0 Å². The molecule has 0 nitrogen and oxygen atoms in total. The second-order valence-electron chi connectivity index (χ2n) is 4.86. The van der Waals surface area contributed by atoms with Gasteiger partial charge < -0.3 is 0 Å². The van der Waals surface area contributed by atoms with Gasteiger partial charge in [0.2, 0.25) is 0 Å². The lowest BCUT2D eigenvalue weighted by Crippen LogP contribution is -1.96. The van der Waals surface area contributed by atoms with Crippen LogP contribution in [0.4, 0.5) is 0 Å². The fourth-order valence-corrected chi connectivity index (χ4v) is 2.43. The van der Waals surface area contributed by atoms with Crippen LogP contribution >= 0.6 is 0 Å². The molecule has 2 rings (SSSR count). The molecule has 0 heteroatoms. The van der Waals surface area contributed by atoms with Gasteiger partial charge in [0.25, 0.3) is 0 Å². The van der Waals surface area contributed by atoms with Crippen LogP contribution < -0.4 is 0 Å². The quantitative estimate of drug-likeness (QED) is 0.668. The second kappa shape index (κ2) is 5.86. The molecular formula is C18H22. The third-order valence-corrected chi connectivity index (χ3v) is 3.74. The Morgan fingerprint density at radius 2 is 1.94 bits per heavy atom. The third-order valence-electron chi connectivity index (χ3n) is 3.74. The summed E-state index contributed by atoms with van der Waals surface area (Å²) in [4.78, 5) is 0. The van der Waals surface area contributed by atoms with Crippen LogP contribution in [0.5, 0.6) is 0 Å². The Morgan fingerprint density at radius 3 is 2.56 bits per heavy atom. The fraction of sp³-hybridized carbons (Fsp3) is 0.333. The van der Waals surface area contributed by atoms with Crippen molar-refractivity contribution in [3.63, 3.8) is 0 Å². The van der Waals surface area contributed by atoms with E-state index >= 15 is 0 Å². The molecule has 1 aliphatic carbocycles. The third kappa shape index (κ3) is 2.64. The first-order chi connectivity index (χ1) is 8.76. The predicted molar refractivity (Wildman–Crippen MR) is 80.5 cm³/mol. The molecule has 1 aromatic carbocycles. The molecule has 94 valence electrons. The summed E-state index contributed by atoms with van der Waals surface area (Å²) in [6.07, 6.45) is 10.2. The van der Waals surface area contributed by atoms with Crippen molar-refractivity contribution >= 4 is 5.57 Å². The number of allylic oxidation sites excluding steroid dienone is 6. The molecular weight excluding hydrogens is 216 g/mol. The molecule has 0 N–H and O–H groups in total. The average Bonchev–Trinajstić information content (AvgIpc) is 2.46. The van der Waals surface area contributed by atoms with Crippen LogP contribution in [0.15, 0.2) is 53.6 Å². The molecule has 0 atom stereocenters. The Balaban J connectivity index is 2.44. The lowest BCUT2D eigenvalue weighted by molar-refractivity contribution is 1.04. The van der Waals surface area contributed by atoms with Crippen molar-refractivity contribution in [1.82, 2.24) is 0 Å². The maximum Gasteiger partial charge on any atom is -0.0196 e. The fourth-order valence-electron chi connectivity index (χ4n) is 2.43. The van der Waals surface area contributed by atoms with Gasteiger partial charge in [-0.2, -0.15) is 0 Å². The Morgan fingerprint density at radius 1 is 1.22 bits per heavy atom. The molecule has 0 unspecified atom stereocenters. The van der Waals surface area contributed by atoms with E-state index < -0.39 is 0 Å². The molecule has 0 radical (unpaired) electrons. The molecule has 1 aromatic rings. The molecule has 0 bridgehead atoms. The maximum absolute atomic E-state index is 2.28. The highest BCUT2D eigenvalue weighted by Gasteiger charge is 2.11. The normalized spacial score (nSPS) is 16.3. The van der Waals surface area contributed by atoms with Crippen LogP contribution in [0.3, 0.4) is 0 Å². The Kier molecular flexibility index (Phi) is 4.19. The van der Waals surface area contributed by atoms with Gasteiger partial charge in [-0.15, -0.1) is 0 Å². The lowest BCUT2D eigenvalue weighted by atomic mass is 9.88. The summed E-state index contributed by atoms with van der Waals surface area (Å²) in [6, 6.07) is 9.05. The number of hydrogen-bond acceptors (Lipinski definition) is 0. The molecule has 0 amide bonds. The van der Waals surface area contributed by atoms with Crippen LogP contribution in [0, 0.1) is 0 Å². The number of aryl methyl sites for hydroxylation is 1. The molecule has 0 spiro atoms. The number of benzene rings is 1. The molecule has 1 aliphatic rings. The summed E-state index contributed by atoms with van der Waals surface area (Å²) in [5, 5.41) is 0. The Hall–Kier alpha value is -1.56. The van der Waals surface area contributed by atoms with E-state index in [-0.39, 0.29) is 0 Å². The molecule has 18 heavy (non-hydrogen) atoms. The zero-order valence-electron chi connectivity index (χ0n) is 11.7. The number of rotatable bonds is 3. The minimum absolute atomic E-state index is 1.11. The first kappa shape index (κ1) is 12.9. The summed E-state index contributed by atoms with van der Waals surface area (Å²) in [7, 11) is 0. The summed E-state index contributed by atoms with van der Waals surface area (Å²) >= 11 is 0. The minimum atomic E-state index is 1.11. The van der Waals surface area contributed by atoms with Crippen molar-refractivity contribution in [3.05, 3.63) is 64.8 Å². The van der Waals surface area contributed by atoms with Crippen molar-refractivity contribution in [2.75, 3.05) is 0 Å². The van der Waals surface area contributed by atoms with E-state index in [2.05, 4.69) is 63.3 Å². The van der Waals surface area contributed by atoms with Gasteiger partial charge in [-0.3, -0.25) is 0 Å². The predicted octanol–water partition coefficient (Wildman–Crippen LogP) is 5.32. The Labute approximate surface area is 111 Å². The van der Waals surface area contributed by atoms with Gasteiger partial charge in [-0.05, 0) is 61.0 Å². The highest BCUT2D eigenvalue weighted by atomic mass is 14.2.